The quantitative estimate of drug-likeness (QED) is 0.802. The van der Waals surface area contributed by atoms with E-state index in [4.69, 9.17) is 0 Å². The molecule has 0 fully saturated rings. The van der Waals surface area contributed by atoms with E-state index in [1.54, 1.807) is 14.0 Å². The molecule has 8 heteroatoms. The number of amides is 1. The molecule has 2 heterocycles. The second-order valence-corrected chi connectivity index (χ2v) is 4.18. The Hall–Kier alpha value is -2.51. The molecule has 0 aromatic carbocycles. The normalized spacial score (nSPS) is 10.5. The van der Waals surface area contributed by atoms with Gasteiger partial charge in [-0.3, -0.25) is 14.7 Å². The van der Waals surface area contributed by atoms with E-state index < -0.39 is 0 Å². The lowest BCUT2D eigenvalue weighted by atomic mass is 10.3. The smallest absolute Gasteiger partial charge is 0.274 e. The molecule has 100 valence electrons. The van der Waals surface area contributed by atoms with Gasteiger partial charge < -0.3 is 4.90 Å². The molecule has 0 aliphatic heterocycles. The zero-order valence-electron chi connectivity index (χ0n) is 10.9. The Labute approximate surface area is 109 Å². The molecule has 0 unspecified atom stereocenters. The van der Waals surface area contributed by atoms with Gasteiger partial charge in [0.05, 0.1) is 6.54 Å². The minimum atomic E-state index is -0.293. The average molecular weight is 262 g/mol. The van der Waals surface area contributed by atoms with Crippen molar-refractivity contribution in [2.75, 3.05) is 7.05 Å². The first-order valence-electron chi connectivity index (χ1n) is 5.65. The van der Waals surface area contributed by atoms with Crippen LogP contribution in [0.2, 0.25) is 0 Å². The van der Waals surface area contributed by atoms with Gasteiger partial charge in [-0.05, 0) is 13.0 Å². The van der Waals surface area contributed by atoms with Crippen molar-refractivity contribution in [2.24, 2.45) is 7.05 Å². The van der Waals surface area contributed by atoms with Crippen LogP contribution in [0, 0.1) is 6.92 Å². The van der Waals surface area contributed by atoms with Crippen molar-refractivity contribution in [3.8, 4) is 0 Å². The molecule has 0 saturated heterocycles. The molecular formula is C11H14N6O2. The van der Waals surface area contributed by atoms with Crippen molar-refractivity contribution in [1.29, 1.82) is 0 Å². The van der Waals surface area contributed by atoms with Crippen LogP contribution in [0.1, 0.15) is 22.1 Å². The maximum Gasteiger partial charge on any atom is 0.274 e. The van der Waals surface area contributed by atoms with Crippen LogP contribution in [-0.2, 0) is 13.6 Å². The highest BCUT2D eigenvalue weighted by Gasteiger charge is 2.16. The maximum absolute atomic E-state index is 12.1. The Kier molecular flexibility index (Phi) is 3.41. The van der Waals surface area contributed by atoms with E-state index in [0.717, 1.165) is 4.68 Å². The zero-order valence-corrected chi connectivity index (χ0v) is 10.9. The van der Waals surface area contributed by atoms with Gasteiger partial charge in [-0.1, -0.05) is 0 Å². The van der Waals surface area contributed by atoms with Crippen molar-refractivity contribution in [2.45, 2.75) is 13.5 Å². The van der Waals surface area contributed by atoms with Crippen LogP contribution >= 0.6 is 0 Å². The molecule has 0 bridgehead atoms. The Morgan fingerprint density at radius 2 is 2.21 bits per heavy atom. The molecule has 0 aliphatic carbocycles. The summed E-state index contributed by atoms with van der Waals surface area (Å²) in [6, 6.07) is 2.72. The van der Waals surface area contributed by atoms with Crippen molar-refractivity contribution in [3.63, 3.8) is 0 Å². The monoisotopic (exact) mass is 262 g/mol. The van der Waals surface area contributed by atoms with Crippen LogP contribution in [0.5, 0.6) is 0 Å². The van der Waals surface area contributed by atoms with Gasteiger partial charge in [0, 0.05) is 20.2 Å². The third-order valence-electron chi connectivity index (χ3n) is 2.55. The SMILES string of the molecule is Cc1nc(CN(C)C(=O)c2ccc(=O)n(C)n2)n[nH]1. The maximum atomic E-state index is 12.1. The molecule has 0 radical (unpaired) electrons. The van der Waals surface area contributed by atoms with Crippen LogP contribution in [0.25, 0.3) is 0 Å². The van der Waals surface area contributed by atoms with Crippen molar-refractivity contribution >= 4 is 5.91 Å². The summed E-state index contributed by atoms with van der Waals surface area (Å²) in [4.78, 5) is 28.9. The third-order valence-corrected chi connectivity index (χ3v) is 2.55. The molecule has 2 rings (SSSR count). The number of H-pyrrole nitrogens is 1. The number of hydrogen-bond acceptors (Lipinski definition) is 5. The zero-order chi connectivity index (χ0) is 14.0. The summed E-state index contributed by atoms with van der Waals surface area (Å²) in [5, 5.41) is 10.6. The first-order valence-corrected chi connectivity index (χ1v) is 5.65. The topological polar surface area (TPSA) is 96.8 Å². The molecule has 1 N–H and O–H groups in total. The second kappa shape index (κ2) is 5.01. The van der Waals surface area contributed by atoms with Crippen LogP contribution in [0.3, 0.4) is 0 Å². The van der Waals surface area contributed by atoms with E-state index >= 15 is 0 Å². The lowest BCUT2D eigenvalue weighted by molar-refractivity contribution is 0.0773. The van der Waals surface area contributed by atoms with E-state index in [9.17, 15) is 9.59 Å². The van der Waals surface area contributed by atoms with Gasteiger partial charge in [0.15, 0.2) is 5.82 Å². The second-order valence-electron chi connectivity index (χ2n) is 4.18. The van der Waals surface area contributed by atoms with Crippen molar-refractivity contribution < 1.29 is 4.79 Å². The van der Waals surface area contributed by atoms with Crippen LogP contribution in [-0.4, -0.2) is 42.8 Å². The molecular weight excluding hydrogens is 248 g/mol. The summed E-state index contributed by atoms with van der Waals surface area (Å²) in [7, 11) is 3.12. The summed E-state index contributed by atoms with van der Waals surface area (Å²) in [6.07, 6.45) is 0. The third kappa shape index (κ3) is 2.84. The number of aryl methyl sites for hydroxylation is 2. The van der Waals surface area contributed by atoms with Gasteiger partial charge in [0.25, 0.3) is 11.5 Å². The fourth-order valence-electron chi connectivity index (χ4n) is 1.56. The molecule has 0 spiro atoms. The number of rotatable bonds is 3. The Bertz CT molecular complexity index is 659. The largest absolute Gasteiger partial charge is 0.333 e. The number of carbonyl (C=O) groups is 1. The Morgan fingerprint density at radius 1 is 1.47 bits per heavy atom. The number of carbonyl (C=O) groups excluding carboxylic acids is 1. The van der Waals surface area contributed by atoms with Crippen LogP contribution in [0.15, 0.2) is 16.9 Å². The summed E-state index contributed by atoms with van der Waals surface area (Å²) in [5.41, 5.74) is -0.0550. The average Bonchev–Trinajstić information content (AvgIpc) is 2.77. The molecule has 19 heavy (non-hydrogen) atoms. The van der Waals surface area contributed by atoms with Gasteiger partial charge in [0.2, 0.25) is 0 Å². The lowest BCUT2D eigenvalue weighted by Crippen LogP contribution is -2.30. The number of nitrogens with one attached hydrogen (secondary N) is 1. The van der Waals surface area contributed by atoms with E-state index in [2.05, 4.69) is 20.3 Å². The van der Waals surface area contributed by atoms with Crippen molar-refractivity contribution in [3.05, 3.63) is 39.8 Å². The highest BCUT2D eigenvalue weighted by atomic mass is 16.2. The summed E-state index contributed by atoms with van der Waals surface area (Å²) < 4.78 is 1.12. The minimum Gasteiger partial charge on any atom is -0.333 e. The molecule has 2 aromatic rings. The van der Waals surface area contributed by atoms with Gasteiger partial charge in [-0.25, -0.2) is 9.67 Å². The first kappa shape index (κ1) is 12.9. The number of hydrogen-bond donors (Lipinski definition) is 1. The molecule has 8 nitrogen and oxygen atoms in total. The van der Waals surface area contributed by atoms with E-state index in [1.807, 2.05) is 0 Å². The summed E-state index contributed by atoms with van der Waals surface area (Å²) in [6.45, 7) is 2.06. The highest BCUT2D eigenvalue weighted by molar-refractivity contribution is 5.91. The number of aromatic amines is 1. The first-order chi connectivity index (χ1) is 8.97. The van der Waals surface area contributed by atoms with E-state index in [0.29, 0.717) is 11.6 Å². The lowest BCUT2D eigenvalue weighted by Gasteiger charge is -2.14. The number of nitrogens with zero attached hydrogens (tertiary/aromatic N) is 5. The fourth-order valence-corrected chi connectivity index (χ4v) is 1.56. The van der Waals surface area contributed by atoms with E-state index in [1.165, 1.54) is 24.1 Å². The Morgan fingerprint density at radius 3 is 2.79 bits per heavy atom. The van der Waals surface area contributed by atoms with Crippen LogP contribution in [0.4, 0.5) is 0 Å². The van der Waals surface area contributed by atoms with Crippen LogP contribution < -0.4 is 5.56 Å². The Balaban J connectivity index is 2.14. The highest BCUT2D eigenvalue weighted by Crippen LogP contribution is 2.02. The predicted octanol–water partition coefficient (Wildman–Crippen LogP) is -0.521. The predicted molar refractivity (Wildman–Crippen MR) is 66.4 cm³/mol. The minimum absolute atomic E-state index is 0.205. The molecule has 1 amide bonds. The van der Waals surface area contributed by atoms with Gasteiger partial charge in [0.1, 0.15) is 11.5 Å². The van der Waals surface area contributed by atoms with Gasteiger partial charge in [-0.2, -0.15) is 10.2 Å². The summed E-state index contributed by atoms with van der Waals surface area (Å²) >= 11 is 0. The van der Waals surface area contributed by atoms with E-state index in [-0.39, 0.29) is 23.7 Å². The fraction of sp³-hybridized carbons (Fsp3) is 0.364. The molecule has 0 saturated carbocycles. The molecule has 0 aliphatic rings. The van der Waals surface area contributed by atoms with Crippen molar-refractivity contribution in [1.82, 2.24) is 29.9 Å². The van der Waals surface area contributed by atoms with Gasteiger partial charge >= 0.3 is 0 Å². The number of aromatic nitrogens is 5. The summed E-state index contributed by atoms with van der Waals surface area (Å²) in [5.74, 6) is 0.923. The molecule has 0 atom stereocenters. The molecule has 2 aromatic heterocycles. The van der Waals surface area contributed by atoms with Gasteiger partial charge in [-0.15, -0.1) is 0 Å². The standard InChI is InChI=1S/C11H14N6O2/c1-7-12-9(14-13-7)6-16(2)11(19)8-4-5-10(18)17(3)15-8/h4-5H,6H2,1-3H3,(H,12,13,14).